The highest BCUT2D eigenvalue weighted by molar-refractivity contribution is 6.99. The summed E-state index contributed by atoms with van der Waals surface area (Å²) >= 11 is 1.12. The van der Waals surface area contributed by atoms with Gasteiger partial charge in [0, 0.05) is 36.6 Å². The standard InChI is InChI=1S/C17H16N4O2S/c22-17(13-3-5-14(6-4-13)20-8-1-2-9-20)21-10-7-15(12-21)23-16-11-18-24-19-16/h1-6,8-9,11,15H,7,10,12H2. The molecule has 3 aromatic rings. The maximum Gasteiger partial charge on any atom is 0.253 e. The maximum absolute atomic E-state index is 12.6. The number of amides is 1. The molecule has 0 bridgehead atoms. The molecule has 1 aliphatic rings. The van der Waals surface area contributed by atoms with Crippen molar-refractivity contribution in [2.75, 3.05) is 13.1 Å². The lowest BCUT2D eigenvalue weighted by Gasteiger charge is -2.17. The molecular formula is C17H16N4O2S. The largest absolute Gasteiger partial charge is 0.471 e. The second kappa shape index (κ2) is 6.45. The van der Waals surface area contributed by atoms with Gasteiger partial charge in [-0.05, 0) is 36.4 Å². The molecule has 7 heteroatoms. The van der Waals surface area contributed by atoms with Crippen molar-refractivity contribution in [2.45, 2.75) is 12.5 Å². The molecule has 4 rings (SSSR count). The number of nitrogens with zero attached hydrogens (tertiary/aromatic N) is 4. The van der Waals surface area contributed by atoms with Gasteiger partial charge in [-0.1, -0.05) is 0 Å². The molecule has 122 valence electrons. The summed E-state index contributed by atoms with van der Waals surface area (Å²) in [6.07, 6.45) is 6.36. The highest BCUT2D eigenvalue weighted by Crippen LogP contribution is 2.19. The minimum absolute atomic E-state index is 0.0167. The van der Waals surface area contributed by atoms with E-state index < -0.39 is 0 Å². The minimum atomic E-state index is -0.0167. The van der Waals surface area contributed by atoms with Crippen LogP contribution in [0.5, 0.6) is 5.88 Å². The maximum atomic E-state index is 12.6. The van der Waals surface area contributed by atoms with Crippen LogP contribution in [0.4, 0.5) is 0 Å². The molecular weight excluding hydrogens is 324 g/mol. The Morgan fingerprint density at radius 1 is 1.21 bits per heavy atom. The van der Waals surface area contributed by atoms with E-state index >= 15 is 0 Å². The second-order valence-corrected chi connectivity index (χ2v) is 6.22. The van der Waals surface area contributed by atoms with Gasteiger partial charge in [0.05, 0.1) is 18.3 Å². The van der Waals surface area contributed by atoms with Crippen LogP contribution in [0.25, 0.3) is 5.69 Å². The number of benzene rings is 1. The van der Waals surface area contributed by atoms with Crippen LogP contribution in [0.15, 0.2) is 55.0 Å². The fraction of sp³-hybridized carbons (Fsp3) is 0.235. The van der Waals surface area contributed by atoms with Gasteiger partial charge in [-0.25, -0.2) is 0 Å². The number of hydrogen-bond donors (Lipinski definition) is 0. The van der Waals surface area contributed by atoms with Gasteiger partial charge in [0.15, 0.2) is 0 Å². The van der Waals surface area contributed by atoms with Gasteiger partial charge in [-0.15, -0.1) is 4.37 Å². The van der Waals surface area contributed by atoms with Gasteiger partial charge in [-0.2, -0.15) is 4.37 Å². The van der Waals surface area contributed by atoms with E-state index in [-0.39, 0.29) is 12.0 Å². The third kappa shape index (κ3) is 3.03. The molecule has 24 heavy (non-hydrogen) atoms. The zero-order valence-corrected chi connectivity index (χ0v) is 13.7. The highest BCUT2D eigenvalue weighted by Gasteiger charge is 2.28. The zero-order valence-electron chi connectivity index (χ0n) is 12.9. The zero-order chi connectivity index (χ0) is 16.4. The molecule has 0 aliphatic carbocycles. The molecule has 0 saturated carbocycles. The van der Waals surface area contributed by atoms with Crippen molar-refractivity contribution >= 4 is 17.6 Å². The predicted octanol–water partition coefficient (Wildman–Crippen LogP) is 2.62. The van der Waals surface area contributed by atoms with Crippen LogP contribution in [-0.2, 0) is 0 Å². The number of rotatable bonds is 4. The fourth-order valence-corrected chi connectivity index (χ4v) is 3.21. The average Bonchev–Trinajstić information content (AvgIpc) is 3.37. The van der Waals surface area contributed by atoms with Crippen molar-refractivity contribution in [2.24, 2.45) is 0 Å². The lowest BCUT2D eigenvalue weighted by molar-refractivity contribution is 0.0771. The fourth-order valence-electron chi connectivity index (χ4n) is 2.85. The summed E-state index contributed by atoms with van der Waals surface area (Å²) in [7, 11) is 0. The summed E-state index contributed by atoms with van der Waals surface area (Å²) in [5, 5.41) is 0. The summed E-state index contributed by atoms with van der Waals surface area (Å²) in [5.74, 6) is 0.576. The lowest BCUT2D eigenvalue weighted by Crippen LogP contribution is -2.30. The summed E-state index contributed by atoms with van der Waals surface area (Å²) in [6, 6.07) is 11.6. The first-order chi connectivity index (χ1) is 11.8. The molecule has 1 saturated heterocycles. The van der Waals surface area contributed by atoms with Crippen LogP contribution < -0.4 is 4.74 Å². The van der Waals surface area contributed by atoms with Crippen LogP contribution in [0.3, 0.4) is 0 Å². The van der Waals surface area contributed by atoms with Gasteiger partial charge in [-0.3, -0.25) is 4.79 Å². The highest BCUT2D eigenvalue weighted by atomic mass is 32.1. The molecule has 1 atom stereocenters. The van der Waals surface area contributed by atoms with Gasteiger partial charge < -0.3 is 14.2 Å². The van der Waals surface area contributed by atoms with E-state index in [1.54, 1.807) is 6.20 Å². The van der Waals surface area contributed by atoms with Crippen molar-refractivity contribution in [3.63, 3.8) is 0 Å². The van der Waals surface area contributed by atoms with E-state index in [0.717, 1.165) is 23.8 Å². The Balaban J connectivity index is 1.41. The molecule has 0 spiro atoms. The Bertz CT molecular complexity index is 800. The van der Waals surface area contributed by atoms with Crippen LogP contribution in [0, 0.1) is 0 Å². The van der Waals surface area contributed by atoms with E-state index in [0.29, 0.717) is 24.5 Å². The SMILES string of the molecule is O=C(c1ccc(-n2cccc2)cc1)N1CCC(Oc2cnsn2)C1. The first-order valence-electron chi connectivity index (χ1n) is 7.76. The molecule has 2 aromatic heterocycles. The number of ether oxygens (including phenoxy) is 1. The van der Waals surface area contributed by atoms with E-state index in [2.05, 4.69) is 8.75 Å². The molecule has 1 amide bonds. The van der Waals surface area contributed by atoms with Gasteiger partial charge in [0.1, 0.15) is 12.3 Å². The molecule has 1 aromatic carbocycles. The van der Waals surface area contributed by atoms with E-state index in [1.807, 2.05) is 58.3 Å². The van der Waals surface area contributed by atoms with Gasteiger partial charge >= 0.3 is 0 Å². The first kappa shape index (κ1) is 14.9. The molecule has 0 radical (unpaired) electrons. The number of likely N-dealkylation sites (tertiary alicyclic amines) is 1. The van der Waals surface area contributed by atoms with Crippen LogP contribution in [0.1, 0.15) is 16.8 Å². The monoisotopic (exact) mass is 340 g/mol. The van der Waals surface area contributed by atoms with E-state index in [9.17, 15) is 4.79 Å². The normalized spacial score (nSPS) is 17.2. The number of carbonyl (C=O) groups excluding carboxylic acids is 1. The first-order valence-corrected chi connectivity index (χ1v) is 8.49. The molecule has 3 heterocycles. The summed E-state index contributed by atoms with van der Waals surface area (Å²) in [5.41, 5.74) is 1.73. The van der Waals surface area contributed by atoms with Crippen LogP contribution in [0.2, 0.25) is 0 Å². The Kier molecular flexibility index (Phi) is 4.00. The Morgan fingerprint density at radius 3 is 2.71 bits per heavy atom. The molecule has 6 nitrogen and oxygen atoms in total. The average molecular weight is 340 g/mol. The number of aromatic nitrogens is 3. The Hall–Kier alpha value is -2.67. The van der Waals surface area contributed by atoms with Crippen molar-refractivity contribution in [3.8, 4) is 11.6 Å². The van der Waals surface area contributed by atoms with Crippen LogP contribution in [-0.4, -0.2) is 43.3 Å². The second-order valence-electron chi connectivity index (χ2n) is 5.66. The summed E-state index contributed by atoms with van der Waals surface area (Å²) in [6.45, 7) is 1.27. The van der Waals surface area contributed by atoms with E-state index in [4.69, 9.17) is 4.74 Å². The van der Waals surface area contributed by atoms with Crippen LogP contribution >= 0.6 is 11.7 Å². The van der Waals surface area contributed by atoms with Crippen molar-refractivity contribution in [1.29, 1.82) is 0 Å². The topological polar surface area (TPSA) is 60.2 Å². The van der Waals surface area contributed by atoms with Crippen molar-refractivity contribution in [3.05, 3.63) is 60.6 Å². The molecule has 1 unspecified atom stereocenters. The van der Waals surface area contributed by atoms with E-state index in [1.165, 1.54) is 0 Å². The minimum Gasteiger partial charge on any atom is -0.471 e. The Labute approximate surface area is 143 Å². The molecule has 1 aliphatic heterocycles. The van der Waals surface area contributed by atoms with Gasteiger partial charge in [0.2, 0.25) is 5.88 Å². The third-order valence-corrected chi connectivity index (χ3v) is 4.54. The number of carbonyl (C=O) groups is 1. The number of hydrogen-bond acceptors (Lipinski definition) is 5. The summed E-state index contributed by atoms with van der Waals surface area (Å²) < 4.78 is 15.7. The smallest absolute Gasteiger partial charge is 0.253 e. The molecule has 1 fully saturated rings. The molecule has 0 N–H and O–H groups in total. The van der Waals surface area contributed by atoms with Crippen molar-refractivity contribution in [1.82, 2.24) is 18.2 Å². The van der Waals surface area contributed by atoms with Crippen molar-refractivity contribution < 1.29 is 9.53 Å². The predicted molar refractivity (Wildman–Crippen MR) is 90.6 cm³/mol. The van der Waals surface area contributed by atoms with Gasteiger partial charge in [0.25, 0.3) is 5.91 Å². The third-order valence-electron chi connectivity index (χ3n) is 4.08. The Morgan fingerprint density at radius 2 is 2.00 bits per heavy atom. The lowest BCUT2D eigenvalue weighted by atomic mass is 10.2. The summed E-state index contributed by atoms with van der Waals surface area (Å²) in [4.78, 5) is 14.5. The quantitative estimate of drug-likeness (QED) is 0.732.